The predicted molar refractivity (Wildman–Crippen MR) is 149 cm³/mol. The van der Waals surface area contributed by atoms with Crippen LogP contribution >= 0.6 is 0 Å². The van der Waals surface area contributed by atoms with E-state index in [1.165, 1.54) is 6.92 Å². The van der Waals surface area contributed by atoms with Gasteiger partial charge in [0.25, 0.3) is 0 Å². The molecule has 45 heavy (non-hydrogen) atoms. The second-order valence-corrected chi connectivity index (χ2v) is 14.1. The first kappa shape index (κ1) is 34.3. The summed E-state index contributed by atoms with van der Waals surface area (Å²) in [5.41, 5.74) is 0. The Labute approximate surface area is 261 Å². The summed E-state index contributed by atoms with van der Waals surface area (Å²) in [6, 6.07) is 0. The second-order valence-electron chi connectivity index (χ2n) is 14.1. The summed E-state index contributed by atoms with van der Waals surface area (Å²) in [6.45, 7) is 3.03. The lowest BCUT2D eigenvalue weighted by molar-refractivity contribution is -0.358. The number of ether oxygens (including phenoxy) is 6. The molecule has 15 nitrogen and oxygen atoms in total. The standard InChI is InChI=1S/C30H50O15/c1-10-5-14-20-17(41-10)7-13(31)8-18(20)43-27(12-3-4-15(32)16(33)6-12)28(14)45-30-26(39)24(37)22(35)19(44-30)9-40-29-25(38)23(36)21(34)11(2)42-29/h10-39H,3-9H2,1-2H3/t10?,11-,12?,13?,14?,15?,16?,17?,18?,19+,20?,21-,22+,23+,24-,25+,26+,27?,28?,29+,30-/m0/s1. The van der Waals surface area contributed by atoms with E-state index in [-0.39, 0.29) is 42.5 Å². The van der Waals surface area contributed by atoms with Gasteiger partial charge in [0.2, 0.25) is 0 Å². The van der Waals surface area contributed by atoms with E-state index in [0.717, 1.165) is 0 Å². The van der Waals surface area contributed by atoms with Crippen molar-refractivity contribution in [3.05, 3.63) is 0 Å². The van der Waals surface area contributed by atoms with Crippen LogP contribution in [0, 0.1) is 17.8 Å². The lowest BCUT2D eigenvalue weighted by Gasteiger charge is -2.58. The number of hydrogen-bond donors (Lipinski definition) is 9. The largest absolute Gasteiger partial charge is 0.393 e. The van der Waals surface area contributed by atoms with Crippen LogP contribution in [0.25, 0.3) is 0 Å². The van der Waals surface area contributed by atoms with Crippen LogP contribution in [0.5, 0.6) is 0 Å². The third kappa shape index (κ3) is 6.70. The van der Waals surface area contributed by atoms with Gasteiger partial charge in [-0.25, -0.2) is 0 Å². The summed E-state index contributed by atoms with van der Waals surface area (Å²) >= 11 is 0. The van der Waals surface area contributed by atoms with Gasteiger partial charge in [-0.05, 0) is 64.2 Å². The molecule has 0 radical (unpaired) electrons. The smallest absolute Gasteiger partial charge is 0.187 e. The van der Waals surface area contributed by atoms with Gasteiger partial charge in [-0.2, -0.15) is 0 Å². The molecule has 6 fully saturated rings. The Morgan fingerprint density at radius 3 is 2.00 bits per heavy atom. The number of hydrogen-bond acceptors (Lipinski definition) is 15. The zero-order valence-electron chi connectivity index (χ0n) is 25.5. The average molecular weight is 651 g/mol. The van der Waals surface area contributed by atoms with Crippen molar-refractivity contribution in [2.75, 3.05) is 6.61 Å². The molecule has 0 bridgehead atoms. The third-order valence-corrected chi connectivity index (χ3v) is 10.9. The summed E-state index contributed by atoms with van der Waals surface area (Å²) in [6.07, 6.45) is -16.0. The van der Waals surface area contributed by atoms with E-state index in [4.69, 9.17) is 28.4 Å². The average Bonchev–Trinajstić information content (AvgIpc) is 2.99. The summed E-state index contributed by atoms with van der Waals surface area (Å²) in [5, 5.41) is 94.4. The van der Waals surface area contributed by atoms with Gasteiger partial charge in [0.1, 0.15) is 42.7 Å². The van der Waals surface area contributed by atoms with Crippen molar-refractivity contribution in [2.24, 2.45) is 17.8 Å². The van der Waals surface area contributed by atoms with Gasteiger partial charge >= 0.3 is 0 Å². The highest BCUT2D eigenvalue weighted by Gasteiger charge is 2.58. The van der Waals surface area contributed by atoms with Crippen LogP contribution in [-0.2, 0) is 28.4 Å². The molecule has 21 atom stereocenters. The predicted octanol–water partition coefficient (Wildman–Crippen LogP) is -3.12. The molecule has 0 aromatic rings. The van der Waals surface area contributed by atoms with Crippen LogP contribution < -0.4 is 0 Å². The van der Waals surface area contributed by atoms with Crippen molar-refractivity contribution in [3.8, 4) is 0 Å². The lowest BCUT2D eigenvalue weighted by Crippen LogP contribution is -2.66. The quantitative estimate of drug-likeness (QED) is 0.138. The summed E-state index contributed by atoms with van der Waals surface area (Å²) < 4.78 is 36.5. The first-order valence-corrected chi connectivity index (χ1v) is 16.4. The molecule has 6 aliphatic rings. The maximum absolute atomic E-state index is 11.0. The maximum Gasteiger partial charge on any atom is 0.187 e. The zero-order valence-corrected chi connectivity index (χ0v) is 25.5. The molecule has 0 spiro atoms. The van der Waals surface area contributed by atoms with Crippen molar-refractivity contribution >= 4 is 0 Å². The van der Waals surface area contributed by atoms with Crippen molar-refractivity contribution in [1.82, 2.24) is 0 Å². The van der Waals surface area contributed by atoms with Crippen LogP contribution in [0.3, 0.4) is 0 Å². The minimum Gasteiger partial charge on any atom is -0.393 e. The molecule has 0 aromatic heterocycles. The summed E-state index contributed by atoms with van der Waals surface area (Å²) in [7, 11) is 0. The minimum atomic E-state index is -1.69. The molecule has 15 heteroatoms. The normalized spacial score (nSPS) is 57.3. The van der Waals surface area contributed by atoms with Gasteiger partial charge in [-0.15, -0.1) is 0 Å². The molecular formula is C30H50O15. The Morgan fingerprint density at radius 2 is 1.29 bits per heavy atom. The highest BCUT2D eigenvalue weighted by Crippen LogP contribution is 2.50. The van der Waals surface area contributed by atoms with Gasteiger partial charge in [0, 0.05) is 5.92 Å². The topological polar surface area (TPSA) is 237 Å². The van der Waals surface area contributed by atoms with E-state index in [9.17, 15) is 46.0 Å². The van der Waals surface area contributed by atoms with E-state index in [2.05, 4.69) is 0 Å². The fourth-order valence-corrected chi connectivity index (χ4v) is 8.48. The molecule has 4 saturated heterocycles. The Hall–Kier alpha value is -0.600. The van der Waals surface area contributed by atoms with Gasteiger partial charge < -0.3 is 74.4 Å². The molecule has 9 N–H and O–H groups in total. The minimum absolute atomic E-state index is 0.117. The molecule has 11 unspecified atom stereocenters. The fraction of sp³-hybridized carbons (Fsp3) is 1.00. The second kappa shape index (κ2) is 13.7. The van der Waals surface area contributed by atoms with E-state index < -0.39 is 98.5 Å². The number of aliphatic hydroxyl groups excluding tert-OH is 9. The Kier molecular flexibility index (Phi) is 10.5. The first-order valence-electron chi connectivity index (χ1n) is 16.4. The lowest BCUT2D eigenvalue weighted by atomic mass is 9.64. The summed E-state index contributed by atoms with van der Waals surface area (Å²) in [4.78, 5) is 0. The van der Waals surface area contributed by atoms with Gasteiger partial charge in [0.15, 0.2) is 12.6 Å². The van der Waals surface area contributed by atoms with Crippen molar-refractivity contribution in [3.63, 3.8) is 0 Å². The molecule has 2 aliphatic carbocycles. The molecule has 4 heterocycles. The van der Waals surface area contributed by atoms with Gasteiger partial charge in [-0.1, -0.05) is 0 Å². The SMILES string of the molecule is CC1CC2C(O[C@@H]3O[C@H](CO[C@@H]4O[C@@H](C)[C@H](O)[C@@H](O)[C@H]4O)[C@@H](O)[C@H](O)[C@H]3O)C(C3CCC(O)C(O)C3)OC3CC(O)CC(O1)C32. The maximum atomic E-state index is 11.0. The van der Waals surface area contributed by atoms with E-state index in [1.807, 2.05) is 6.92 Å². The van der Waals surface area contributed by atoms with Gasteiger partial charge in [-0.3, -0.25) is 0 Å². The number of aliphatic hydroxyl groups is 9. The molecule has 2 saturated carbocycles. The highest BCUT2D eigenvalue weighted by molar-refractivity contribution is 5.05. The van der Waals surface area contributed by atoms with Crippen LogP contribution in [0.15, 0.2) is 0 Å². The van der Waals surface area contributed by atoms with E-state index in [0.29, 0.717) is 32.1 Å². The zero-order chi connectivity index (χ0) is 32.3. The van der Waals surface area contributed by atoms with Gasteiger partial charge in [0.05, 0.1) is 61.5 Å². The first-order chi connectivity index (χ1) is 21.3. The van der Waals surface area contributed by atoms with E-state index in [1.54, 1.807) is 0 Å². The van der Waals surface area contributed by atoms with Crippen LogP contribution in [0.1, 0.15) is 52.4 Å². The Balaban J connectivity index is 1.22. The Morgan fingerprint density at radius 1 is 0.622 bits per heavy atom. The molecule has 0 aromatic carbocycles. The Bertz CT molecular complexity index is 989. The third-order valence-electron chi connectivity index (χ3n) is 10.9. The molecule has 4 aliphatic heterocycles. The van der Waals surface area contributed by atoms with Crippen LogP contribution in [-0.4, -0.2) is 163 Å². The van der Waals surface area contributed by atoms with Crippen molar-refractivity contribution in [1.29, 1.82) is 0 Å². The molecule has 0 amide bonds. The molecule has 6 rings (SSSR count). The monoisotopic (exact) mass is 650 g/mol. The van der Waals surface area contributed by atoms with Crippen molar-refractivity contribution in [2.45, 2.75) is 163 Å². The van der Waals surface area contributed by atoms with Crippen LogP contribution in [0.4, 0.5) is 0 Å². The molecular weight excluding hydrogens is 600 g/mol. The number of rotatable bonds is 6. The fourth-order valence-electron chi connectivity index (χ4n) is 8.48. The highest BCUT2D eigenvalue weighted by atomic mass is 16.7. The summed E-state index contributed by atoms with van der Waals surface area (Å²) in [5.74, 6) is -0.475. The van der Waals surface area contributed by atoms with Crippen LogP contribution in [0.2, 0.25) is 0 Å². The molecule has 260 valence electrons. The van der Waals surface area contributed by atoms with Crippen molar-refractivity contribution < 1.29 is 74.4 Å². The van der Waals surface area contributed by atoms with E-state index >= 15 is 0 Å².